The number of benzene rings is 2. The van der Waals surface area contributed by atoms with Crippen LogP contribution in [-0.2, 0) is 6.42 Å². The average Bonchev–Trinajstić information content (AvgIpc) is 2.57. The molecule has 23 heavy (non-hydrogen) atoms. The van der Waals surface area contributed by atoms with Gasteiger partial charge in [0.2, 0.25) is 0 Å². The Balaban J connectivity index is 0.000000322. The molecule has 0 bridgehead atoms. The second-order valence-electron chi connectivity index (χ2n) is 5.18. The van der Waals surface area contributed by atoms with Crippen LogP contribution in [0.4, 0.5) is 5.69 Å². The molecular weight excluding hydrogens is 282 g/mol. The van der Waals surface area contributed by atoms with E-state index < -0.39 is 0 Å². The van der Waals surface area contributed by atoms with E-state index in [2.05, 4.69) is 66.8 Å². The van der Waals surface area contributed by atoms with Crippen molar-refractivity contribution in [1.29, 1.82) is 0 Å². The molecule has 0 aromatic heterocycles. The Morgan fingerprint density at radius 3 is 2.39 bits per heavy atom. The lowest BCUT2D eigenvalue weighted by molar-refractivity contribution is 1.02. The molecule has 0 aliphatic carbocycles. The van der Waals surface area contributed by atoms with E-state index >= 15 is 0 Å². The fourth-order valence-electron chi connectivity index (χ4n) is 1.96. The van der Waals surface area contributed by atoms with Gasteiger partial charge in [0.25, 0.3) is 0 Å². The van der Waals surface area contributed by atoms with Crippen molar-refractivity contribution in [1.82, 2.24) is 0 Å². The van der Waals surface area contributed by atoms with E-state index in [1.807, 2.05) is 6.92 Å². The van der Waals surface area contributed by atoms with Crippen LogP contribution in [0.15, 0.2) is 78.6 Å². The van der Waals surface area contributed by atoms with Crippen molar-refractivity contribution in [2.45, 2.75) is 20.3 Å². The van der Waals surface area contributed by atoms with Gasteiger partial charge in [0.15, 0.2) is 0 Å². The smallest absolute Gasteiger partial charge is 0.0342 e. The Bertz CT molecular complexity index is 616. The summed E-state index contributed by atoms with van der Waals surface area (Å²) in [7, 11) is 0. The molecule has 0 radical (unpaired) electrons. The molecule has 0 aliphatic rings. The minimum absolute atomic E-state index is 0.697. The molecule has 0 aliphatic heterocycles. The van der Waals surface area contributed by atoms with Crippen LogP contribution >= 0.6 is 0 Å². The lowest BCUT2D eigenvalue weighted by Gasteiger charge is -2.06. The monoisotopic (exact) mass is 309 g/mol. The van der Waals surface area contributed by atoms with E-state index in [0.717, 1.165) is 13.0 Å². The standard InChI is InChI=1S/C15H17N.C5H10N2/c1-13-6-5-9-15(12-13)16-11-10-14-7-3-2-4-8-14;1-2-5(7)3-4-6/h2-9,12,16H,10-11H2,1H3;2-4H,6-7H2,1H3/b;4-3-,5-2+. The van der Waals surface area contributed by atoms with Gasteiger partial charge >= 0.3 is 0 Å². The molecule has 0 saturated carbocycles. The molecule has 2 aromatic carbocycles. The molecule has 0 unspecified atom stereocenters. The van der Waals surface area contributed by atoms with Crippen LogP contribution in [-0.4, -0.2) is 6.54 Å². The third-order valence-electron chi connectivity index (χ3n) is 3.23. The summed E-state index contributed by atoms with van der Waals surface area (Å²) in [6.45, 7) is 4.95. The number of rotatable bonds is 5. The summed E-state index contributed by atoms with van der Waals surface area (Å²) in [5.41, 5.74) is 14.9. The zero-order chi connectivity index (χ0) is 16.9. The van der Waals surface area contributed by atoms with E-state index in [0.29, 0.717) is 5.70 Å². The molecule has 0 saturated heterocycles. The minimum Gasteiger partial charge on any atom is -0.405 e. The van der Waals surface area contributed by atoms with E-state index in [4.69, 9.17) is 11.5 Å². The lowest BCUT2D eigenvalue weighted by Crippen LogP contribution is -2.04. The maximum atomic E-state index is 5.28. The van der Waals surface area contributed by atoms with Crippen LogP contribution in [0.2, 0.25) is 0 Å². The van der Waals surface area contributed by atoms with Gasteiger partial charge in [0, 0.05) is 17.9 Å². The van der Waals surface area contributed by atoms with Crippen LogP contribution in [0, 0.1) is 6.92 Å². The van der Waals surface area contributed by atoms with Crippen LogP contribution in [0.25, 0.3) is 0 Å². The summed E-state index contributed by atoms with van der Waals surface area (Å²) in [6.07, 6.45) is 5.90. The van der Waals surface area contributed by atoms with Gasteiger partial charge in [-0.15, -0.1) is 0 Å². The number of anilines is 1. The highest BCUT2D eigenvalue weighted by Crippen LogP contribution is 2.09. The van der Waals surface area contributed by atoms with E-state index in [9.17, 15) is 0 Å². The molecular formula is C20H27N3. The predicted molar refractivity (Wildman–Crippen MR) is 101 cm³/mol. The van der Waals surface area contributed by atoms with Crippen LogP contribution in [0.3, 0.4) is 0 Å². The molecule has 3 nitrogen and oxygen atoms in total. The summed E-state index contributed by atoms with van der Waals surface area (Å²) < 4.78 is 0. The SMILES string of the molecule is C/C=C(N)\C=C/N.Cc1cccc(NCCc2ccccc2)c1. The molecule has 2 rings (SSSR count). The summed E-state index contributed by atoms with van der Waals surface area (Å²) in [6, 6.07) is 19.0. The van der Waals surface area contributed by atoms with Crippen molar-refractivity contribution >= 4 is 5.69 Å². The number of aryl methyl sites for hydroxylation is 1. The predicted octanol–water partition coefficient (Wildman–Crippen LogP) is 3.97. The number of allylic oxidation sites excluding steroid dienone is 2. The number of hydrogen-bond acceptors (Lipinski definition) is 3. The first-order valence-corrected chi connectivity index (χ1v) is 7.80. The summed E-state index contributed by atoms with van der Waals surface area (Å²) in [4.78, 5) is 0. The first-order valence-electron chi connectivity index (χ1n) is 7.80. The topological polar surface area (TPSA) is 64.1 Å². The Hall–Kier alpha value is -2.68. The number of nitrogens with two attached hydrogens (primary N) is 2. The molecule has 122 valence electrons. The molecule has 3 heteroatoms. The van der Waals surface area contributed by atoms with Crippen LogP contribution in [0.5, 0.6) is 0 Å². The zero-order valence-corrected chi connectivity index (χ0v) is 14.0. The summed E-state index contributed by atoms with van der Waals surface area (Å²) >= 11 is 0. The van der Waals surface area contributed by atoms with Gasteiger partial charge in [0.05, 0.1) is 0 Å². The lowest BCUT2D eigenvalue weighted by atomic mass is 10.1. The Labute approximate surface area is 139 Å². The third kappa shape index (κ3) is 8.37. The molecule has 0 heterocycles. The van der Waals surface area contributed by atoms with Crippen molar-refractivity contribution in [2.75, 3.05) is 11.9 Å². The Kier molecular flexibility index (Phi) is 8.76. The van der Waals surface area contributed by atoms with Gasteiger partial charge in [-0.2, -0.15) is 0 Å². The molecule has 0 atom stereocenters. The van der Waals surface area contributed by atoms with E-state index in [1.54, 1.807) is 12.2 Å². The Morgan fingerprint density at radius 2 is 1.83 bits per heavy atom. The van der Waals surface area contributed by atoms with Crippen LogP contribution in [0.1, 0.15) is 18.1 Å². The van der Waals surface area contributed by atoms with Gasteiger partial charge in [-0.25, -0.2) is 0 Å². The first kappa shape index (κ1) is 18.4. The Morgan fingerprint density at radius 1 is 1.09 bits per heavy atom. The first-order chi connectivity index (χ1) is 11.2. The highest BCUT2D eigenvalue weighted by molar-refractivity contribution is 5.45. The van der Waals surface area contributed by atoms with E-state index in [1.165, 1.54) is 23.0 Å². The second kappa shape index (κ2) is 11.0. The van der Waals surface area contributed by atoms with Gasteiger partial charge < -0.3 is 16.8 Å². The number of nitrogens with one attached hydrogen (secondary N) is 1. The van der Waals surface area contributed by atoms with E-state index in [-0.39, 0.29) is 0 Å². The van der Waals surface area contributed by atoms with Crippen molar-refractivity contribution in [3.05, 3.63) is 89.8 Å². The molecule has 0 amide bonds. The van der Waals surface area contributed by atoms with Crippen LogP contribution < -0.4 is 16.8 Å². The van der Waals surface area contributed by atoms with Crippen molar-refractivity contribution < 1.29 is 0 Å². The fraction of sp³-hybridized carbons (Fsp3) is 0.200. The molecule has 5 N–H and O–H groups in total. The van der Waals surface area contributed by atoms with Gasteiger partial charge in [-0.3, -0.25) is 0 Å². The summed E-state index contributed by atoms with van der Waals surface area (Å²) in [5, 5.41) is 3.43. The second-order valence-corrected chi connectivity index (χ2v) is 5.18. The highest BCUT2D eigenvalue weighted by atomic mass is 14.9. The summed E-state index contributed by atoms with van der Waals surface area (Å²) in [5.74, 6) is 0. The van der Waals surface area contributed by atoms with Gasteiger partial charge in [-0.1, -0.05) is 48.5 Å². The fourth-order valence-corrected chi connectivity index (χ4v) is 1.96. The normalized spacial score (nSPS) is 11.0. The quantitative estimate of drug-likeness (QED) is 0.732. The molecule has 0 fully saturated rings. The maximum Gasteiger partial charge on any atom is 0.0342 e. The van der Waals surface area contributed by atoms with Crippen molar-refractivity contribution in [2.24, 2.45) is 11.5 Å². The molecule has 0 spiro atoms. The third-order valence-corrected chi connectivity index (χ3v) is 3.23. The van der Waals surface area contributed by atoms with Gasteiger partial charge in [0.1, 0.15) is 0 Å². The number of hydrogen-bond donors (Lipinski definition) is 3. The highest BCUT2D eigenvalue weighted by Gasteiger charge is 1.93. The maximum absolute atomic E-state index is 5.28. The van der Waals surface area contributed by atoms with Crippen molar-refractivity contribution in [3.63, 3.8) is 0 Å². The van der Waals surface area contributed by atoms with Crippen molar-refractivity contribution in [3.8, 4) is 0 Å². The zero-order valence-electron chi connectivity index (χ0n) is 14.0. The minimum atomic E-state index is 0.697. The molecule has 2 aromatic rings. The average molecular weight is 309 g/mol. The van der Waals surface area contributed by atoms with Gasteiger partial charge in [-0.05, 0) is 55.8 Å². The largest absolute Gasteiger partial charge is 0.405 e.